The maximum Gasteiger partial charge on any atom is 0.273 e. The van der Waals surface area contributed by atoms with Gasteiger partial charge in [0.05, 0.1) is 6.04 Å². The number of carbonyl (C=O) groups is 2. The van der Waals surface area contributed by atoms with Gasteiger partial charge in [0.2, 0.25) is 5.91 Å². The second kappa shape index (κ2) is 7.29. The molecule has 1 aromatic carbocycles. The molecule has 1 aromatic heterocycles. The van der Waals surface area contributed by atoms with Gasteiger partial charge in [0.1, 0.15) is 5.69 Å². The Morgan fingerprint density at radius 2 is 2.00 bits per heavy atom. The predicted octanol–water partition coefficient (Wildman–Crippen LogP) is 3.34. The van der Waals surface area contributed by atoms with Gasteiger partial charge in [0.25, 0.3) is 5.91 Å². The summed E-state index contributed by atoms with van der Waals surface area (Å²) in [4.78, 5) is 34.4. The molecule has 0 unspecified atom stereocenters. The van der Waals surface area contributed by atoms with E-state index in [1.165, 1.54) is 12.8 Å². The van der Waals surface area contributed by atoms with E-state index in [1.807, 2.05) is 40.1 Å². The Morgan fingerprint density at radius 3 is 2.74 bits per heavy atom. The summed E-state index contributed by atoms with van der Waals surface area (Å²) in [6.07, 6.45) is 4.53. The SMILES string of the molecule is CC(C)[C@@H]1CN(C(=O)c2nccc3ccccc23)CCC(=O)N1CC1CC1. The van der Waals surface area contributed by atoms with Crippen molar-refractivity contribution in [2.24, 2.45) is 11.8 Å². The second-order valence-corrected chi connectivity index (χ2v) is 8.18. The summed E-state index contributed by atoms with van der Waals surface area (Å²) in [5, 5.41) is 1.88. The lowest BCUT2D eigenvalue weighted by molar-refractivity contribution is -0.133. The third kappa shape index (κ3) is 3.68. The van der Waals surface area contributed by atoms with Gasteiger partial charge >= 0.3 is 0 Å². The molecule has 0 N–H and O–H groups in total. The van der Waals surface area contributed by atoms with E-state index >= 15 is 0 Å². The predicted molar refractivity (Wildman–Crippen MR) is 105 cm³/mol. The average Bonchev–Trinajstić information content (AvgIpc) is 3.50. The number of pyridine rings is 1. The molecular formula is C22H27N3O2. The van der Waals surface area contributed by atoms with Crippen LogP contribution in [0, 0.1) is 11.8 Å². The summed E-state index contributed by atoms with van der Waals surface area (Å²) in [6, 6.07) is 9.82. The molecule has 2 fully saturated rings. The molecule has 2 heterocycles. The Balaban J connectivity index is 1.62. The van der Waals surface area contributed by atoms with E-state index in [2.05, 4.69) is 18.8 Å². The van der Waals surface area contributed by atoms with Crippen LogP contribution in [0.15, 0.2) is 36.5 Å². The van der Waals surface area contributed by atoms with Crippen LogP contribution in [0.1, 0.15) is 43.6 Å². The van der Waals surface area contributed by atoms with Crippen LogP contribution in [0.2, 0.25) is 0 Å². The Labute approximate surface area is 160 Å². The lowest BCUT2D eigenvalue weighted by Gasteiger charge is -2.34. The number of aromatic nitrogens is 1. The van der Waals surface area contributed by atoms with Crippen LogP contribution >= 0.6 is 0 Å². The van der Waals surface area contributed by atoms with E-state index in [9.17, 15) is 9.59 Å². The van der Waals surface area contributed by atoms with Crippen LogP contribution in [-0.4, -0.2) is 52.3 Å². The minimum atomic E-state index is -0.0708. The third-order valence-electron chi connectivity index (χ3n) is 5.81. The van der Waals surface area contributed by atoms with E-state index in [1.54, 1.807) is 6.20 Å². The summed E-state index contributed by atoms with van der Waals surface area (Å²) in [6.45, 7) is 6.17. The van der Waals surface area contributed by atoms with Crippen molar-refractivity contribution in [2.45, 2.75) is 39.2 Å². The lowest BCUT2D eigenvalue weighted by atomic mass is 10.0. The van der Waals surface area contributed by atoms with Gasteiger partial charge in [0.15, 0.2) is 0 Å². The van der Waals surface area contributed by atoms with Gasteiger partial charge < -0.3 is 9.80 Å². The first-order valence-corrected chi connectivity index (χ1v) is 9.97. The first-order chi connectivity index (χ1) is 13.0. The van der Waals surface area contributed by atoms with Gasteiger partial charge in [0, 0.05) is 37.6 Å². The molecule has 0 spiro atoms. The first kappa shape index (κ1) is 18.0. The number of hydrogen-bond donors (Lipinski definition) is 0. The molecule has 1 aliphatic carbocycles. The van der Waals surface area contributed by atoms with Crippen LogP contribution < -0.4 is 0 Å². The monoisotopic (exact) mass is 365 g/mol. The second-order valence-electron chi connectivity index (χ2n) is 8.18. The standard InChI is InChI=1S/C22H27N3O2/c1-15(2)19-14-24(12-10-20(26)25(19)13-16-7-8-16)22(27)21-18-6-4-3-5-17(18)9-11-23-21/h3-6,9,11,15-16,19H,7-8,10,12-14H2,1-2H3/t19-/m0/s1. The van der Waals surface area contributed by atoms with Crippen molar-refractivity contribution in [1.29, 1.82) is 0 Å². The zero-order valence-electron chi connectivity index (χ0n) is 16.1. The van der Waals surface area contributed by atoms with Gasteiger partial charge in [-0.15, -0.1) is 0 Å². The Hall–Kier alpha value is -2.43. The molecule has 5 nitrogen and oxygen atoms in total. The smallest absolute Gasteiger partial charge is 0.273 e. The fraction of sp³-hybridized carbons (Fsp3) is 0.500. The maximum absolute atomic E-state index is 13.3. The van der Waals surface area contributed by atoms with Crippen molar-refractivity contribution in [3.63, 3.8) is 0 Å². The van der Waals surface area contributed by atoms with E-state index in [-0.39, 0.29) is 17.9 Å². The quantitative estimate of drug-likeness (QED) is 0.835. The van der Waals surface area contributed by atoms with Gasteiger partial charge in [-0.1, -0.05) is 38.1 Å². The van der Waals surface area contributed by atoms with Gasteiger partial charge in [-0.2, -0.15) is 0 Å². The number of amides is 2. The number of fused-ring (bicyclic) bond motifs is 1. The lowest BCUT2D eigenvalue weighted by Crippen LogP contribution is -2.48. The first-order valence-electron chi connectivity index (χ1n) is 9.97. The van der Waals surface area contributed by atoms with E-state index < -0.39 is 0 Å². The summed E-state index contributed by atoms with van der Waals surface area (Å²) < 4.78 is 0. The van der Waals surface area contributed by atoms with Crippen molar-refractivity contribution in [3.8, 4) is 0 Å². The van der Waals surface area contributed by atoms with Crippen LogP contribution in [0.5, 0.6) is 0 Å². The highest BCUT2D eigenvalue weighted by atomic mass is 16.2. The zero-order chi connectivity index (χ0) is 19.0. The molecular weight excluding hydrogens is 338 g/mol. The number of hydrogen-bond acceptors (Lipinski definition) is 3. The van der Waals surface area contributed by atoms with Crippen molar-refractivity contribution in [2.75, 3.05) is 19.6 Å². The molecule has 1 aliphatic heterocycles. The van der Waals surface area contributed by atoms with Crippen LogP contribution in [0.4, 0.5) is 0 Å². The molecule has 1 saturated heterocycles. The maximum atomic E-state index is 13.3. The number of benzene rings is 1. The zero-order valence-corrected chi connectivity index (χ0v) is 16.1. The Morgan fingerprint density at radius 1 is 1.22 bits per heavy atom. The number of carbonyl (C=O) groups excluding carboxylic acids is 2. The highest BCUT2D eigenvalue weighted by molar-refractivity contribution is 6.05. The van der Waals surface area contributed by atoms with E-state index in [4.69, 9.17) is 0 Å². The van der Waals surface area contributed by atoms with Gasteiger partial charge in [-0.3, -0.25) is 14.6 Å². The number of nitrogens with zero attached hydrogens (tertiary/aromatic N) is 3. The summed E-state index contributed by atoms with van der Waals surface area (Å²) in [7, 11) is 0. The molecule has 2 aromatic rings. The van der Waals surface area contributed by atoms with Gasteiger partial charge in [-0.25, -0.2) is 0 Å². The molecule has 0 radical (unpaired) electrons. The summed E-state index contributed by atoms with van der Waals surface area (Å²) in [5.74, 6) is 1.07. The van der Waals surface area contributed by atoms with Gasteiger partial charge in [-0.05, 0) is 36.1 Å². The molecule has 142 valence electrons. The largest absolute Gasteiger partial charge is 0.337 e. The summed E-state index contributed by atoms with van der Waals surface area (Å²) in [5.41, 5.74) is 0.485. The molecule has 4 rings (SSSR count). The molecule has 1 atom stereocenters. The van der Waals surface area contributed by atoms with Crippen LogP contribution in [-0.2, 0) is 4.79 Å². The molecule has 27 heavy (non-hydrogen) atoms. The highest BCUT2D eigenvalue weighted by Crippen LogP contribution is 2.32. The fourth-order valence-electron chi connectivity index (χ4n) is 3.99. The molecule has 2 aliphatic rings. The van der Waals surface area contributed by atoms with E-state index in [0.717, 1.165) is 17.3 Å². The fourth-order valence-corrected chi connectivity index (χ4v) is 3.99. The average molecular weight is 365 g/mol. The number of rotatable bonds is 4. The van der Waals surface area contributed by atoms with Crippen molar-refractivity contribution < 1.29 is 9.59 Å². The van der Waals surface area contributed by atoms with Crippen LogP contribution in [0.25, 0.3) is 10.8 Å². The molecule has 5 heteroatoms. The van der Waals surface area contributed by atoms with Crippen molar-refractivity contribution in [1.82, 2.24) is 14.8 Å². The Kier molecular flexibility index (Phi) is 4.85. The highest BCUT2D eigenvalue weighted by Gasteiger charge is 2.37. The minimum absolute atomic E-state index is 0.0690. The third-order valence-corrected chi connectivity index (χ3v) is 5.81. The topological polar surface area (TPSA) is 53.5 Å². The molecule has 0 bridgehead atoms. The minimum Gasteiger partial charge on any atom is -0.337 e. The molecule has 2 amide bonds. The summed E-state index contributed by atoms with van der Waals surface area (Å²) >= 11 is 0. The van der Waals surface area contributed by atoms with Crippen molar-refractivity contribution in [3.05, 3.63) is 42.2 Å². The Bertz CT molecular complexity index is 854. The van der Waals surface area contributed by atoms with Crippen LogP contribution in [0.3, 0.4) is 0 Å². The molecule has 1 saturated carbocycles. The van der Waals surface area contributed by atoms with E-state index in [0.29, 0.717) is 37.0 Å². The van der Waals surface area contributed by atoms with Crippen molar-refractivity contribution >= 4 is 22.6 Å². The normalized spacial score (nSPS) is 21.0.